The number of nitrogens with one attached hydrogen (secondary N) is 1. The summed E-state index contributed by atoms with van der Waals surface area (Å²) in [5, 5.41) is 22.9. The van der Waals surface area contributed by atoms with Crippen LogP contribution in [0.3, 0.4) is 0 Å². The molecule has 3 aromatic rings. The molecule has 1 aromatic carbocycles. The minimum atomic E-state index is -0.973. The molecule has 1 amide bonds. The lowest BCUT2D eigenvalue weighted by atomic mass is 9.86. The molecule has 2 aliphatic rings. The van der Waals surface area contributed by atoms with E-state index in [0.29, 0.717) is 35.4 Å². The van der Waals surface area contributed by atoms with Crippen molar-refractivity contribution in [3.8, 4) is 0 Å². The zero-order valence-electron chi connectivity index (χ0n) is 16.2. The lowest BCUT2D eigenvalue weighted by Gasteiger charge is -2.44. The number of ether oxygens (including phenoxy) is 2. The molecule has 0 bridgehead atoms. The van der Waals surface area contributed by atoms with Crippen molar-refractivity contribution in [2.45, 2.75) is 37.4 Å². The number of benzene rings is 1. The van der Waals surface area contributed by atoms with Gasteiger partial charge >= 0.3 is 0 Å². The number of aliphatic hydroxyl groups is 2. The summed E-state index contributed by atoms with van der Waals surface area (Å²) in [6.45, 7) is 1.94. The number of anilines is 1. The van der Waals surface area contributed by atoms with Gasteiger partial charge in [-0.1, -0.05) is 18.2 Å². The summed E-state index contributed by atoms with van der Waals surface area (Å²) in [6.07, 6.45) is -0.325. The summed E-state index contributed by atoms with van der Waals surface area (Å²) in [6, 6.07) is 8.78. The van der Waals surface area contributed by atoms with E-state index in [-0.39, 0.29) is 18.5 Å². The SMILES string of the molecule is Cc1nc(NC(=O)c2ccccc2)nc2c1ncn2C1OC(CO)C(O)[C@]12CCO2. The Morgan fingerprint density at radius 1 is 1.33 bits per heavy atom. The molecule has 0 radical (unpaired) electrons. The Kier molecular flexibility index (Phi) is 4.51. The number of aromatic nitrogens is 4. The van der Waals surface area contributed by atoms with Gasteiger partial charge in [-0.2, -0.15) is 4.98 Å². The van der Waals surface area contributed by atoms with Crippen LogP contribution in [0.2, 0.25) is 0 Å². The first-order valence-corrected chi connectivity index (χ1v) is 9.69. The highest BCUT2D eigenvalue weighted by atomic mass is 16.6. The molecular weight excluding hydrogens is 390 g/mol. The number of aryl methyl sites for hydroxylation is 1. The predicted molar refractivity (Wildman–Crippen MR) is 105 cm³/mol. The zero-order chi connectivity index (χ0) is 20.9. The van der Waals surface area contributed by atoms with Crippen molar-refractivity contribution in [3.63, 3.8) is 0 Å². The quantitative estimate of drug-likeness (QED) is 0.574. The number of carbonyl (C=O) groups excluding carboxylic acids is 1. The largest absolute Gasteiger partial charge is 0.394 e. The van der Waals surface area contributed by atoms with Gasteiger partial charge in [0.15, 0.2) is 11.9 Å². The zero-order valence-corrected chi connectivity index (χ0v) is 16.2. The fourth-order valence-corrected chi connectivity index (χ4v) is 4.07. The summed E-state index contributed by atoms with van der Waals surface area (Å²) in [5.41, 5.74) is 1.10. The number of carbonyl (C=O) groups is 1. The Hall–Kier alpha value is -2.92. The van der Waals surface area contributed by atoms with Crippen LogP contribution in [0.5, 0.6) is 0 Å². The fraction of sp³-hybridized carbons (Fsp3) is 0.400. The molecule has 30 heavy (non-hydrogen) atoms. The second-order valence-electron chi connectivity index (χ2n) is 7.48. The van der Waals surface area contributed by atoms with E-state index in [1.807, 2.05) is 6.07 Å². The maximum Gasteiger partial charge on any atom is 0.258 e. The third-order valence-corrected chi connectivity index (χ3v) is 5.73. The van der Waals surface area contributed by atoms with Gasteiger partial charge in [-0.25, -0.2) is 9.97 Å². The van der Waals surface area contributed by atoms with Crippen LogP contribution in [0.25, 0.3) is 11.2 Å². The number of amides is 1. The van der Waals surface area contributed by atoms with Gasteiger partial charge in [0, 0.05) is 12.0 Å². The lowest BCUT2D eigenvalue weighted by molar-refractivity contribution is -0.225. The van der Waals surface area contributed by atoms with Crippen molar-refractivity contribution in [2.75, 3.05) is 18.5 Å². The number of imidazole rings is 1. The van der Waals surface area contributed by atoms with Crippen LogP contribution in [0.15, 0.2) is 36.7 Å². The van der Waals surface area contributed by atoms with Gasteiger partial charge in [-0.3, -0.25) is 14.7 Å². The third kappa shape index (κ3) is 2.80. The second-order valence-corrected chi connectivity index (χ2v) is 7.48. The monoisotopic (exact) mass is 411 g/mol. The molecule has 156 valence electrons. The van der Waals surface area contributed by atoms with Gasteiger partial charge < -0.3 is 19.7 Å². The summed E-state index contributed by atoms with van der Waals surface area (Å²) < 4.78 is 13.3. The van der Waals surface area contributed by atoms with Crippen LogP contribution in [0.4, 0.5) is 5.95 Å². The predicted octanol–water partition coefficient (Wildman–Crippen LogP) is 0.797. The molecule has 2 fully saturated rings. The van der Waals surface area contributed by atoms with Crippen molar-refractivity contribution >= 4 is 23.0 Å². The number of aliphatic hydroxyl groups excluding tert-OH is 2. The van der Waals surface area contributed by atoms with Crippen molar-refractivity contribution in [1.29, 1.82) is 0 Å². The van der Waals surface area contributed by atoms with Crippen LogP contribution in [-0.2, 0) is 9.47 Å². The third-order valence-electron chi connectivity index (χ3n) is 5.73. The van der Waals surface area contributed by atoms with E-state index in [1.165, 1.54) is 0 Å². The molecule has 0 aliphatic carbocycles. The van der Waals surface area contributed by atoms with Gasteiger partial charge in [0.1, 0.15) is 23.3 Å². The number of hydrogen-bond donors (Lipinski definition) is 3. The van der Waals surface area contributed by atoms with Crippen LogP contribution >= 0.6 is 0 Å². The van der Waals surface area contributed by atoms with Crippen LogP contribution in [-0.4, -0.2) is 66.7 Å². The Morgan fingerprint density at radius 2 is 2.10 bits per heavy atom. The molecular formula is C20H21N5O5. The van der Waals surface area contributed by atoms with Crippen molar-refractivity contribution < 1.29 is 24.5 Å². The number of rotatable bonds is 4. The molecule has 4 heterocycles. The summed E-state index contributed by atoms with van der Waals surface area (Å²) in [7, 11) is 0. The van der Waals surface area contributed by atoms with E-state index in [2.05, 4.69) is 20.3 Å². The van der Waals surface area contributed by atoms with Gasteiger partial charge in [-0.15, -0.1) is 0 Å². The summed E-state index contributed by atoms with van der Waals surface area (Å²) in [5.74, 6) is -0.191. The fourth-order valence-electron chi connectivity index (χ4n) is 4.07. The smallest absolute Gasteiger partial charge is 0.258 e. The minimum Gasteiger partial charge on any atom is -0.394 e. The van der Waals surface area contributed by atoms with Crippen LogP contribution in [0.1, 0.15) is 28.7 Å². The molecule has 5 rings (SSSR count). The molecule has 3 unspecified atom stereocenters. The van der Waals surface area contributed by atoms with Crippen LogP contribution < -0.4 is 5.32 Å². The number of nitrogens with zero attached hydrogens (tertiary/aromatic N) is 4. The van der Waals surface area contributed by atoms with Gasteiger partial charge in [0.2, 0.25) is 5.95 Å². The van der Waals surface area contributed by atoms with Gasteiger partial charge in [0.05, 0.1) is 25.2 Å². The molecule has 3 N–H and O–H groups in total. The normalized spacial score (nSPS) is 28.0. The Labute approximate surface area is 171 Å². The maximum absolute atomic E-state index is 12.5. The molecule has 10 heteroatoms. The molecule has 1 spiro atoms. The van der Waals surface area contributed by atoms with Crippen molar-refractivity contribution in [1.82, 2.24) is 19.5 Å². The average molecular weight is 411 g/mol. The van der Waals surface area contributed by atoms with E-state index >= 15 is 0 Å². The summed E-state index contributed by atoms with van der Waals surface area (Å²) in [4.78, 5) is 25.7. The first-order valence-electron chi connectivity index (χ1n) is 9.69. The Balaban J connectivity index is 1.52. The highest BCUT2D eigenvalue weighted by molar-refractivity contribution is 6.03. The van der Waals surface area contributed by atoms with E-state index in [1.54, 1.807) is 42.1 Å². The lowest BCUT2D eigenvalue weighted by Crippen LogP contribution is -2.56. The minimum absolute atomic E-state index is 0.136. The topological polar surface area (TPSA) is 132 Å². The van der Waals surface area contributed by atoms with Crippen molar-refractivity contribution in [3.05, 3.63) is 47.9 Å². The highest BCUT2D eigenvalue weighted by Gasteiger charge is 2.61. The number of hydrogen-bond acceptors (Lipinski definition) is 8. The first-order chi connectivity index (χ1) is 14.5. The van der Waals surface area contributed by atoms with E-state index in [9.17, 15) is 15.0 Å². The maximum atomic E-state index is 12.5. The standard InChI is InChI=1S/C20H21N5O5/c1-11-14-16(23-19(22-11)24-17(28)12-5-3-2-4-6-12)25(10-21-14)18-20(7-8-29-20)15(27)13(9-26)30-18/h2-6,10,13,15,18,26-27H,7-9H2,1H3,(H,22,23,24,28)/t13?,15?,18?,20-/m1/s1. The molecule has 10 nitrogen and oxygen atoms in total. The highest BCUT2D eigenvalue weighted by Crippen LogP contribution is 2.49. The molecule has 2 aromatic heterocycles. The second kappa shape index (κ2) is 7.10. The molecule has 0 saturated carbocycles. The Morgan fingerprint density at radius 3 is 2.77 bits per heavy atom. The van der Waals surface area contributed by atoms with Crippen molar-refractivity contribution in [2.24, 2.45) is 0 Å². The average Bonchev–Trinajstić information content (AvgIpc) is 3.27. The van der Waals surface area contributed by atoms with Crippen LogP contribution in [0, 0.1) is 6.92 Å². The molecule has 2 saturated heterocycles. The van der Waals surface area contributed by atoms with Gasteiger partial charge in [-0.05, 0) is 19.1 Å². The van der Waals surface area contributed by atoms with E-state index < -0.39 is 24.0 Å². The summed E-state index contributed by atoms with van der Waals surface area (Å²) >= 11 is 0. The Bertz CT molecular complexity index is 1100. The first kappa shape index (κ1) is 19.1. The number of fused-ring (bicyclic) bond motifs is 1. The molecule has 4 atom stereocenters. The van der Waals surface area contributed by atoms with Gasteiger partial charge in [0.25, 0.3) is 5.91 Å². The molecule has 2 aliphatic heterocycles. The van der Waals surface area contributed by atoms with E-state index in [0.717, 1.165) is 0 Å². The van der Waals surface area contributed by atoms with E-state index in [4.69, 9.17) is 9.47 Å².